The molecule has 1 heterocycles. The molecule has 1 aliphatic rings. The van der Waals surface area contributed by atoms with Crippen LogP contribution in [0, 0.1) is 17.6 Å². The van der Waals surface area contributed by atoms with E-state index in [1.165, 1.54) is 6.07 Å². The first-order chi connectivity index (χ1) is 8.58. The second-order valence-electron chi connectivity index (χ2n) is 4.69. The zero-order chi connectivity index (χ0) is 13.1. The average molecular weight is 254 g/mol. The van der Waals surface area contributed by atoms with E-state index in [4.69, 9.17) is 0 Å². The van der Waals surface area contributed by atoms with Crippen LogP contribution in [0.5, 0.6) is 0 Å². The fourth-order valence-electron chi connectivity index (χ4n) is 2.12. The topological polar surface area (TPSA) is 41.1 Å². The number of rotatable bonds is 3. The summed E-state index contributed by atoms with van der Waals surface area (Å²) in [6.07, 6.45) is -0.262. The van der Waals surface area contributed by atoms with Gasteiger partial charge in [-0.1, -0.05) is 13.0 Å². The van der Waals surface area contributed by atoms with E-state index in [-0.39, 0.29) is 23.9 Å². The Hall–Kier alpha value is -1.49. The van der Waals surface area contributed by atoms with Gasteiger partial charge in [0.05, 0.1) is 6.42 Å². The lowest BCUT2D eigenvalue weighted by Crippen LogP contribution is -2.40. The maximum atomic E-state index is 13.4. The van der Waals surface area contributed by atoms with Gasteiger partial charge in [-0.2, -0.15) is 0 Å². The molecule has 0 aromatic heterocycles. The van der Waals surface area contributed by atoms with Gasteiger partial charge in [-0.25, -0.2) is 8.78 Å². The molecule has 2 atom stereocenters. The van der Waals surface area contributed by atoms with Crippen LogP contribution in [0.15, 0.2) is 18.2 Å². The van der Waals surface area contributed by atoms with E-state index in [2.05, 4.69) is 10.6 Å². The van der Waals surface area contributed by atoms with Crippen molar-refractivity contribution in [3.05, 3.63) is 35.4 Å². The third kappa shape index (κ3) is 2.85. The van der Waals surface area contributed by atoms with Crippen LogP contribution in [0.1, 0.15) is 12.5 Å². The Bertz CT molecular complexity index is 430. The predicted molar refractivity (Wildman–Crippen MR) is 64.0 cm³/mol. The molecular formula is C13H16F2N2O. The van der Waals surface area contributed by atoms with E-state index >= 15 is 0 Å². The number of hydrogen-bond donors (Lipinski definition) is 2. The Labute approximate surface area is 105 Å². The Morgan fingerprint density at radius 1 is 1.39 bits per heavy atom. The highest BCUT2D eigenvalue weighted by molar-refractivity contribution is 5.79. The molecule has 1 aromatic rings. The smallest absolute Gasteiger partial charge is 0.224 e. The normalized spacial score (nSPS) is 23.1. The van der Waals surface area contributed by atoms with Gasteiger partial charge in [-0.15, -0.1) is 0 Å². The fraction of sp³-hybridized carbons (Fsp3) is 0.462. The monoisotopic (exact) mass is 254 g/mol. The van der Waals surface area contributed by atoms with Gasteiger partial charge < -0.3 is 10.6 Å². The number of carbonyl (C=O) groups excluding carboxylic acids is 1. The molecule has 98 valence electrons. The molecule has 0 aliphatic carbocycles. The highest BCUT2D eigenvalue weighted by Crippen LogP contribution is 2.13. The lowest BCUT2D eigenvalue weighted by Gasteiger charge is -2.16. The zero-order valence-electron chi connectivity index (χ0n) is 10.2. The van der Waals surface area contributed by atoms with E-state index in [0.717, 1.165) is 18.7 Å². The van der Waals surface area contributed by atoms with Crippen molar-refractivity contribution in [3.8, 4) is 0 Å². The van der Waals surface area contributed by atoms with Crippen LogP contribution >= 0.6 is 0 Å². The lowest BCUT2D eigenvalue weighted by atomic mass is 10.1. The van der Waals surface area contributed by atoms with Crippen molar-refractivity contribution < 1.29 is 13.6 Å². The van der Waals surface area contributed by atoms with Gasteiger partial charge >= 0.3 is 0 Å². The summed E-state index contributed by atoms with van der Waals surface area (Å²) in [5.74, 6) is -1.37. The number of hydrogen-bond acceptors (Lipinski definition) is 2. The lowest BCUT2D eigenvalue weighted by molar-refractivity contribution is -0.121. The fourth-order valence-corrected chi connectivity index (χ4v) is 2.12. The molecule has 0 bridgehead atoms. The summed E-state index contributed by atoms with van der Waals surface area (Å²) in [6.45, 7) is 3.57. The van der Waals surface area contributed by atoms with Crippen molar-refractivity contribution in [1.29, 1.82) is 0 Å². The van der Waals surface area contributed by atoms with Crippen LogP contribution in [-0.4, -0.2) is 25.0 Å². The molecule has 5 heteroatoms. The van der Waals surface area contributed by atoms with Gasteiger partial charge in [-0.3, -0.25) is 4.79 Å². The minimum absolute atomic E-state index is 0.0346. The molecule has 1 fully saturated rings. The number of amides is 1. The van der Waals surface area contributed by atoms with E-state index in [1.807, 2.05) is 6.92 Å². The van der Waals surface area contributed by atoms with E-state index in [1.54, 1.807) is 0 Å². The maximum Gasteiger partial charge on any atom is 0.224 e. The van der Waals surface area contributed by atoms with E-state index < -0.39 is 11.6 Å². The first-order valence-corrected chi connectivity index (χ1v) is 6.01. The second kappa shape index (κ2) is 5.44. The summed E-state index contributed by atoms with van der Waals surface area (Å²) in [5.41, 5.74) is -0.173. The predicted octanol–water partition coefficient (Wildman–Crippen LogP) is 1.23. The maximum absolute atomic E-state index is 13.4. The molecule has 18 heavy (non-hydrogen) atoms. The van der Waals surface area contributed by atoms with Gasteiger partial charge in [0.15, 0.2) is 0 Å². The van der Waals surface area contributed by atoms with Crippen LogP contribution in [0.3, 0.4) is 0 Å². The summed E-state index contributed by atoms with van der Waals surface area (Å²) >= 11 is 0. The first-order valence-electron chi connectivity index (χ1n) is 6.01. The molecule has 2 unspecified atom stereocenters. The summed E-state index contributed by atoms with van der Waals surface area (Å²) < 4.78 is 26.7. The van der Waals surface area contributed by atoms with Gasteiger partial charge in [0.1, 0.15) is 11.6 Å². The SMILES string of the molecule is CC1CNCC1NC(=O)Cc1c(F)cccc1F. The molecule has 2 rings (SSSR count). The quantitative estimate of drug-likeness (QED) is 0.852. The average Bonchev–Trinajstić information content (AvgIpc) is 2.70. The van der Waals surface area contributed by atoms with Crippen molar-refractivity contribution >= 4 is 5.91 Å². The minimum Gasteiger partial charge on any atom is -0.351 e. The van der Waals surface area contributed by atoms with Gasteiger partial charge in [0.25, 0.3) is 0 Å². The Morgan fingerprint density at radius 2 is 2.06 bits per heavy atom. The van der Waals surface area contributed by atoms with Crippen molar-refractivity contribution in [3.63, 3.8) is 0 Å². The summed E-state index contributed by atoms with van der Waals surface area (Å²) in [5, 5.41) is 5.95. The highest BCUT2D eigenvalue weighted by Gasteiger charge is 2.25. The Kier molecular flexibility index (Phi) is 3.91. The number of carbonyl (C=O) groups is 1. The van der Waals surface area contributed by atoms with E-state index in [0.29, 0.717) is 12.5 Å². The third-order valence-corrected chi connectivity index (χ3v) is 3.26. The molecule has 0 saturated carbocycles. The third-order valence-electron chi connectivity index (χ3n) is 3.26. The van der Waals surface area contributed by atoms with Crippen LogP contribution in [0.2, 0.25) is 0 Å². The number of nitrogens with one attached hydrogen (secondary N) is 2. The van der Waals surface area contributed by atoms with Crippen molar-refractivity contribution in [2.24, 2.45) is 5.92 Å². The van der Waals surface area contributed by atoms with E-state index in [9.17, 15) is 13.6 Å². The summed E-state index contributed by atoms with van der Waals surface area (Å²) in [7, 11) is 0. The van der Waals surface area contributed by atoms with Gasteiger partial charge in [0.2, 0.25) is 5.91 Å². The second-order valence-corrected chi connectivity index (χ2v) is 4.69. The number of halogens is 2. The van der Waals surface area contributed by atoms with Gasteiger partial charge in [0, 0.05) is 18.2 Å². The van der Waals surface area contributed by atoms with Crippen molar-refractivity contribution in [2.75, 3.05) is 13.1 Å². The van der Waals surface area contributed by atoms with Crippen LogP contribution in [0.25, 0.3) is 0 Å². The molecule has 0 spiro atoms. The van der Waals surface area contributed by atoms with Crippen molar-refractivity contribution in [1.82, 2.24) is 10.6 Å². The number of benzene rings is 1. The molecule has 0 radical (unpaired) electrons. The zero-order valence-corrected chi connectivity index (χ0v) is 10.2. The van der Waals surface area contributed by atoms with Crippen LogP contribution < -0.4 is 10.6 Å². The standard InChI is InChI=1S/C13H16F2N2O/c1-8-6-16-7-12(8)17-13(18)5-9-10(14)3-2-4-11(9)15/h2-4,8,12,16H,5-7H2,1H3,(H,17,18). The Balaban J connectivity index is 1.99. The van der Waals surface area contributed by atoms with Crippen LogP contribution in [0.4, 0.5) is 8.78 Å². The summed E-state index contributed by atoms with van der Waals surface area (Å²) in [6, 6.07) is 3.64. The molecule has 1 aliphatic heterocycles. The summed E-state index contributed by atoms with van der Waals surface area (Å²) in [4.78, 5) is 11.7. The minimum atomic E-state index is -0.678. The molecule has 1 aromatic carbocycles. The molecule has 3 nitrogen and oxygen atoms in total. The van der Waals surface area contributed by atoms with Crippen molar-refractivity contribution in [2.45, 2.75) is 19.4 Å². The molecule has 2 N–H and O–H groups in total. The molecular weight excluding hydrogens is 238 g/mol. The first kappa shape index (κ1) is 13.0. The largest absolute Gasteiger partial charge is 0.351 e. The highest BCUT2D eigenvalue weighted by atomic mass is 19.1. The van der Waals surface area contributed by atoms with Crippen LogP contribution in [-0.2, 0) is 11.2 Å². The Morgan fingerprint density at radius 3 is 2.61 bits per heavy atom. The van der Waals surface area contributed by atoms with Gasteiger partial charge in [-0.05, 0) is 24.6 Å². The molecule has 1 saturated heterocycles. The molecule has 1 amide bonds.